The smallest absolute Gasteiger partial charge is 0.0118 e. The van der Waals surface area contributed by atoms with Crippen LogP contribution in [0.5, 0.6) is 0 Å². The molecule has 0 unspecified atom stereocenters. The van der Waals surface area contributed by atoms with Gasteiger partial charge in [0.15, 0.2) is 0 Å². The molecule has 0 aromatic heterocycles. The fourth-order valence-electron chi connectivity index (χ4n) is 2.39. The van der Waals surface area contributed by atoms with Crippen LogP contribution < -0.4 is 0 Å². The summed E-state index contributed by atoms with van der Waals surface area (Å²) in [6.45, 7) is 9.56. The topological polar surface area (TPSA) is 3.24 Å². The van der Waals surface area contributed by atoms with Gasteiger partial charge in [0.1, 0.15) is 0 Å². The lowest BCUT2D eigenvalue weighted by atomic mass is 9.89. The molecule has 0 N–H and O–H groups in total. The maximum Gasteiger partial charge on any atom is 0.0118 e. The number of hydrogen-bond acceptors (Lipinski definition) is 1. The van der Waals surface area contributed by atoms with Crippen molar-refractivity contribution in [1.82, 2.24) is 4.90 Å². The van der Waals surface area contributed by atoms with Crippen molar-refractivity contribution in [2.75, 3.05) is 13.1 Å². The number of hydrogen-bond donors (Lipinski definition) is 0. The highest BCUT2D eigenvalue weighted by molar-refractivity contribution is 4.79. The minimum Gasteiger partial charge on any atom is -0.300 e. The van der Waals surface area contributed by atoms with E-state index in [0.717, 1.165) is 12.0 Å². The monoisotopic (exact) mass is 155 g/mol. The molecule has 1 nitrogen and oxygen atoms in total. The Kier molecular flexibility index (Phi) is 3.38. The normalized spacial score (nSPS) is 34.1. The van der Waals surface area contributed by atoms with Crippen LogP contribution in [0.3, 0.4) is 0 Å². The van der Waals surface area contributed by atoms with Gasteiger partial charge in [0.25, 0.3) is 0 Å². The maximum atomic E-state index is 2.63. The fraction of sp³-hybridized carbons (Fsp3) is 1.00. The third-order valence-electron chi connectivity index (χ3n) is 3.06. The minimum atomic E-state index is 0.869. The Hall–Kier alpha value is -0.0400. The first kappa shape index (κ1) is 9.05. The molecule has 0 aliphatic carbocycles. The van der Waals surface area contributed by atoms with Crippen LogP contribution in [0.15, 0.2) is 0 Å². The lowest BCUT2D eigenvalue weighted by Gasteiger charge is -2.38. The molecular formula is C10H21N. The summed E-state index contributed by atoms with van der Waals surface area (Å²) in [6.07, 6.45) is 4.18. The predicted octanol–water partition coefficient (Wildman–Crippen LogP) is 2.52. The molecule has 1 heterocycles. The van der Waals surface area contributed by atoms with Crippen LogP contribution in [0.4, 0.5) is 0 Å². The summed E-state index contributed by atoms with van der Waals surface area (Å²) in [5.74, 6) is 0.925. The van der Waals surface area contributed by atoms with Gasteiger partial charge in [-0.3, -0.25) is 0 Å². The van der Waals surface area contributed by atoms with E-state index >= 15 is 0 Å². The average molecular weight is 155 g/mol. The first-order valence-electron chi connectivity index (χ1n) is 5.03. The van der Waals surface area contributed by atoms with Gasteiger partial charge >= 0.3 is 0 Å². The molecule has 1 aliphatic heterocycles. The Balaban J connectivity index is 2.48. The van der Waals surface area contributed by atoms with Gasteiger partial charge in [-0.1, -0.05) is 20.8 Å². The van der Waals surface area contributed by atoms with Gasteiger partial charge in [-0.05, 0) is 38.3 Å². The van der Waals surface area contributed by atoms with Crippen LogP contribution in [0.2, 0.25) is 0 Å². The molecule has 0 saturated carbocycles. The first-order valence-corrected chi connectivity index (χ1v) is 5.03. The number of piperidine rings is 1. The molecule has 1 rings (SSSR count). The van der Waals surface area contributed by atoms with E-state index in [4.69, 9.17) is 0 Å². The summed E-state index contributed by atoms with van der Waals surface area (Å²) in [5.41, 5.74) is 0. The molecule has 1 aliphatic rings. The average Bonchev–Trinajstić information content (AvgIpc) is 2.04. The van der Waals surface area contributed by atoms with Crippen LogP contribution in [0.1, 0.15) is 40.0 Å². The number of nitrogens with zero attached hydrogens (tertiary/aromatic N) is 1. The van der Waals surface area contributed by atoms with E-state index in [1.54, 1.807) is 0 Å². The highest BCUT2D eigenvalue weighted by atomic mass is 15.2. The largest absolute Gasteiger partial charge is 0.300 e. The first-order chi connectivity index (χ1) is 5.29. The zero-order valence-corrected chi connectivity index (χ0v) is 8.14. The lowest BCUT2D eigenvalue weighted by molar-refractivity contribution is 0.104. The second kappa shape index (κ2) is 4.10. The van der Waals surface area contributed by atoms with Crippen LogP contribution in [-0.4, -0.2) is 24.0 Å². The van der Waals surface area contributed by atoms with E-state index < -0.39 is 0 Å². The molecule has 1 saturated heterocycles. The molecule has 1 heteroatoms. The van der Waals surface area contributed by atoms with Crippen molar-refractivity contribution in [3.05, 3.63) is 0 Å². The van der Waals surface area contributed by atoms with Crippen LogP contribution >= 0.6 is 0 Å². The predicted molar refractivity (Wildman–Crippen MR) is 49.7 cm³/mol. The number of likely N-dealkylation sites (tertiary alicyclic amines) is 1. The van der Waals surface area contributed by atoms with E-state index in [0.29, 0.717) is 0 Å². The molecule has 0 spiro atoms. The van der Waals surface area contributed by atoms with Crippen molar-refractivity contribution in [2.45, 2.75) is 46.1 Å². The van der Waals surface area contributed by atoms with Gasteiger partial charge in [-0.15, -0.1) is 0 Å². The van der Waals surface area contributed by atoms with E-state index in [1.165, 1.54) is 32.4 Å². The van der Waals surface area contributed by atoms with Crippen molar-refractivity contribution in [2.24, 2.45) is 5.92 Å². The van der Waals surface area contributed by atoms with Gasteiger partial charge in [0, 0.05) is 6.04 Å². The summed E-state index contributed by atoms with van der Waals surface area (Å²) >= 11 is 0. The summed E-state index contributed by atoms with van der Waals surface area (Å²) < 4.78 is 0. The van der Waals surface area contributed by atoms with Gasteiger partial charge < -0.3 is 4.90 Å². The van der Waals surface area contributed by atoms with E-state index in [9.17, 15) is 0 Å². The van der Waals surface area contributed by atoms with Gasteiger partial charge in [-0.25, -0.2) is 0 Å². The lowest BCUT2D eigenvalue weighted by Crippen LogP contribution is -2.43. The number of rotatable bonds is 2. The van der Waals surface area contributed by atoms with Crippen molar-refractivity contribution in [3.63, 3.8) is 0 Å². The summed E-state index contributed by atoms with van der Waals surface area (Å²) in [4.78, 5) is 2.63. The van der Waals surface area contributed by atoms with Gasteiger partial charge in [0.05, 0.1) is 0 Å². The second-order valence-electron chi connectivity index (χ2n) is 3.72. The molecule has 2 atom stereocenters. The molecule has 0 bridgehead atoms. The van der Waals surface area contributed by atoms with E-state index in [1.807, 2.05) is 0 Å². The quantitative estimate of drug-likeness (QED) is 0.592. The summed E-state index contributed by atoms with van der Waals surface area (Å²) in [7, 11) is 0. The summed E-state index contributed by atoms with van der Waals surface area (Å²) in [5, 5.41) is 0. The van der Waals surface area contributed by atoms with Gasteiger partial charge in [0.2, 0.25) is 0 Å². The highest BCUT2D eigenvalue weighted by Gasteiger charge is 2.25. The van der Waals surface area contributed by atoms with E-state index in [2.05, 4.69) is 25.7 Å². The zero-order valence-electron chi connectivity index (χ0n) is 8.14. The Morgan fingerprint density at radius 1 is 1.36 bits per heavy atom. The highest BCUT2D eigenvalue weighted by Crippen LogP contribution is 2.24. The Morgan fingerprint density at radius 3 is 2.55 bits per heavy atom. The molecule has 0 radical (unpaired) electrons. The summed E-state index contributed by atoms with van der Waals surface area (Å²) in [6, 6.07) is 0.869. The third kappa shape index (κ3) is 1.96. The molecule has 66 valence electrons. The van der Waals surface area contributed by atoms with E-state index in [-0.39, 0.29) is 0 Å². The fourth-order valence-corrected chi connectivity index (χ4v) is 2.39. The Labute approximate surface area is 70.8 Å². The van der Waals surface area contributed by atoms with Crippen LogP contribution in [0.25, 0.3) is 0 Å². The van der Waals surface area contributed by atoms with Crippen LogP contribution in [-0.2, 0) is 0 Å². The van der Waals surface area contributed by atoms with Crippen LogP contribution in [0, 0.1) is 5.92 Å². The Morgan fingerprint density at radius 2 is 2.09 bits per heavy atom. The maximum absolute atomic E-state index is 2.63. The standard InChI is InChI=1S/C10H21N/c1-4-10-9(3)7-6-8-11(10)5-2/h9-10H,4-8H2,1-3H3/t9-,10-/m0/s1. The molecule has 11 heavy (non-hydrogen) atoms. The van der Waals surface area contributed by atoms with Crippen molar-refractivity contribution in [3.8, 4) is 0 Å². The van der Waals surface area contributed by atoms with Gasteiger partial charge in [-0.2, -0.15) is 0 Å². The molecule has 1 fully saturated rings. The minimum absolute atomic E-state index is 0.869. The molecule has 0 aromatic rings. The molecule has 0 aromatic carbocycles. The Bertz CT molecular complexity index is 111. The van der Waals surface area contributed by atoms with Crippen molar-refractivity contribution >= 4 is 0 Å². The molecular weight excluding hydrogens is 134 g/mol. The second-order valence-corrected chi connectivity index (χ2v) is 3.72. The van der Waals surface area contributed by atoms with Crippen molar-refractivity contribution in [1.29, 1.82) is 0 Å². The molecule has 0 amide bonds. The van der Waals surface area contributed by atoms with Crippen molar-refractivity contribution < 1.29 is 0 Å². The zero-order chi connectivity index (χ0) is 8.27. The third-order valence-corrected chi connectivity index (χ3v) is 3.06. The SMILES string of the molecule is CC[C@H]1[C@@H](C)CCCN1CC.